The maximum Gasteiger partial charge on any atom is 0.301 e. The Bertz CT molecular complexity index is 567. The van der Waals surface area contributed by atoms with Crippen LogP contribution in [0, 0.1) is 5.92 Å². The third kappa shape index (κ3) is 3.81. The van der Waals surface area contributed by atoms with Gasteiger partial charge in [0.05, 0.1) is 5.69 Å². The van der Waals surface area contributed by atoms with Gasteiger partial charge in [-0.1, -0.05) is 18.5 Å². The molecule has 1 unspecified atom stereocenters. The Morgan fingerprint density at radius 3 is 3.00 bits per heavy atom. The fourth-order valence-electron chi connectivity index (χ4n) is 2.06. The average Bonchev–Trinajstić information content (AvgIpc) is 2.33. The van der Waals surface area contributed by atoms with Crippen LogP contribution in [0.3, 0.4) is 0 Å². The standard InChI is InChI=1S/C11H15BrClN3O2S/c1-8-3-2-4-16(7-8)19(17,18)15-10-5-9(12)6-14-11(10)13/h5-6,8,15H,2-4,7H2,1H3. The molecule has 19 heavy (non-hydrogen) atoms. The largest absolute Gasteiger partial charge is 0.301 e. The molecule has 2 heterocycles. The molecule has 0 bridgehead atoms. The van der Waals surface area contributed by atoms with E-state index in [4.69, 9.17) is 11.6 Å². The van der Waals surface area contributed by atoms with E-state index in [0.717, 1.165) is 12.8 Å². The van der Waals surface area contributed by atoms with Crippen LogP contribution in [-0.2, 0) is 10.2 Å². The summed E-state index contributed by atoms with van der Waals surface area (Å²) < 4.78 is 29.2. The summed E-state index contributed by atoms with van der Waals surface area (Å²) in [5.41, 5.74) is 0.286. The van der Waals surface area contributed by atoms with E-state index in [2.05, 4.69) is 32.6 Å². The minimum Gasteiger partial charge on any atom is -0.268 e. The maximum absolute atomic E-state index is 12.3. The number of hydrogen-bond donors (Lipinski definition) is 1. The molecule has 2 rings (SSSR count). The predicted molar refractivity (Wildman–Crippen MR) is 79.5 cm³/mol. The fourth-order valence-corrected chi connectivity index (χ4v) is 3.98. The van der Waals surface area contributed by atoms with Gasteiger partial charge in [-0.15, -0.1) is 0 Å². The van der Waals surface area contributed by atoms with Crippen LogP contribution in [-0.4, -0.2) is 30.8 Å². The predicted octanol–water partition coefficient (Wildman–Crippen LogP) is 2.89. The Morgan fingerprint density at radius 2 is 2.32 bits per heavy atom. The monoisotopic (exact) mass is 367 g/mol. The molecule has 1 saturated heterocycles. The molecule has 106 valence electrons. The third-order valence-corrected chi connectivity index (χ3v) is 5.23. The molecule has 1 aromatic heterocycles. The van der Waals surface area contributed by atoms with Gasteiger partial charge in [0.1, 0.15) is 0 Å². The second-order valence-electron chi connectivity index (χ2n) is 4.70. The highest BCUT2D eigenvalue weighted by molar-refractivity contribution is 9.10. The van der Waals surface area contributed by atoms with E-state index in [1.807, 2.05) is 0 Å². The Kier molecular flexibility index (Phi) is 4.70. The average molecular weight is 369 g/mol. The minimum atomic E-state index is -3.57. The molecule has 0 aromatic carbocycles. The zero-order chi connectivity index (χ0) is 14.0. The lowest BCUT2D eigenvalue weighted by Crippen LogP contribution is -2.42. The molecule has 0 saturated carbocycles. The lowest BCUT2D eigenvalue weighted by atomic mass is 10.0. The molecule has 8 heteroatoms. The summed E-state index contributed by atoms with van der Waals surface area (Å²) in [5.74, 6) is 0.376. The molecule has 1 atom stereocenters. The summed E-state index contributed by atoms with van der Waals surface area (Å²) in [6.07, 6.45) is 3.46. The molecule has 0 spiro atoms. The van der Waals surface area contributed by atoms with Crippen molar-refractivity contribution in [2.75, 3.05) is 17.8 Å². The van der Waals surface area contributed by atoms with Crippen molar-refractivity contribution in [2.24, 2.45) is 5.92 Å². The van der Waals surface area contributed by atoms with Crippen LogP contribution >= 0.6 is 27.5 Å². The Hall–Kier alpha value is -0.370. The van der Waals surface area contributed by atoms with E-state index in [9.17, 15) is 8.42 Å². The van der Waals surface area contributed by atoms with E-state index in [-0.39, 0.29) is 10.8 Å². The molecular weight excluding hydrogens is 354 g/mol. The SMILES string of the molecule is CC1CCCN(S(=O)(=O)Nc2cc(Br)cnc2Cl)C1. The van der Waals surface area contributed by atoms with Crippen molar-refractivity contribution in [2.45, 2.75) is 19.8 Å². The smallest absolute Gasteiger partial charge is 0.268 e. The number of nitrogens with one attached hydrogen (secondary N) is 1. The van der Waals surface area contributed by atoms with Crippen LogP contribution in [0.2, 0.25) is 5.15 Å². The van der Waals surface area contributed by atoms with Crippen molar-refractivity contribution in [1.29, 1.82) is 0 Å². The van der Waals surface area contributed by atoms with Crippen molar-refractivity contribution in [3.05, 3.63) is 21.9 Å². The summed E-state index contributed by atoms with van der Waals surface area (Å²) in [6.45, 7) is 3.13. The molecule has 1 aliphatic heterocycles. The number of pyridine rings is 1. The Morgan fingerprint density at radius 1 is 1.58 bits per heavy atom. The normalized spacial score (nSPS) is 21.3. The van der Waals surface area contributed by atoms with Gasteiger partial charge in [-0.05, 0) is 40.8 Å². The molecule has 0 radical (unpaired) electrons. The molecule has 1 aliphatic rings. The van der Waals surface area contributed by atoms with E-state index in [1.165, 1.54) is 10.5 Å². The Balaban J connectivity index is 2.18. The van der Waals surface area contributed by atoms with Crippen molar-refractivity contribution in [3.8, 4) is 0 Å². The van der Waals surface area contributed by atoms with E-state index in [0.29, 0.717) is 23.5 Å². The molecule has 0 amide bonds. The molecule has 5 nitrogen and oxygen atoms in total. The van der Waals surface area contributed by atoms with Gasteiger partial charge >= 0.3 is 10.2 Å². The summed E-state index contributed by atoms with van der Waals surface area (Å²) in [5, 5.41) is 0.136. The topological polar surface area (TPSA) is 62.3 Å². The summed E-state index contributed by atoms with van der Waals surface area (Å²) in [6, 6.07) is 1.60. The summed E-state index contributed by atoms with van der Waals surface area (Å²) in [4.78, 5) is 3.90. The van der Waals surface area contributed by atoms with Crippen LogP contribution in [0.5, 0.6) is 0 Å². The molecule has 0 aliphatic carbocycles. The molecule has 1 aromatic rings. The van der Waals surface area contributed by atoms with E-state index in [1.54, 1.807) is 6.07 Å². The number of halogens is 2. The van der Waals surface area contributed by atoms with Gasteiger partial charge in [0.25, 0.3) is 0 Å². The van der Waals surface area contributed by atoms with Crippen molar-refractivity contribution in [1.82, 2.24) is 9.29 Å². The lowest BCUT2D eigenvalue weighted by Gasteiger charge is -2.30. The zero-order valence-corrected chi connectivity index (χ0v) is 13.6. The maximum atomic E-state index is 12.3. The van der Waals surface area contributed by atoms with Gasteiger partial charge in [-0.3, -0.25) is 4.72 Å². The van der Waals surface area contributed by atoms with Crippen LogP contribution in [0.15, 0.2) is 16.7 Å². The van der Waals surface area contributed by atoms with Crippen LogP contribution in [0.1, 0.15) is 19.8 Å². The number of anilines is 1. The first-order chi connectivity index (χ1) is 8.88. The van der Waals surface area contributed by atoms with Crippen molar-refractivity contribution < 1.29 is 8.42 Å². The summed E-state index contributed by atoms with van der Waals surface area (Å²) >= 11 is 9.13. The van der Waals surface area contributed by atoms with Gasteiger partial charge in [-0.2, -0.15) is 12.7 Å². The second-order valence-corrected chi connectivity index (χ2v) is 7.65. The van der Waals surface area contributed by atoms with Gasteiger partial charge in [0.2, 0.25) is 0 Å². The third-order valence-electron chi connectivity index (χ3n) is 3.00. The van der Waals surface area contributed by atoms with E-state index >= 15 is 0 Å². The van der Waals surface area contributed by atoms with Crippen LogP contribution < -0.4 is 4.72 Å². The first kappa shape index (κ1) is 15.0. The van der Waals surface area contributed by atoms with Crippen molar-refractivity contribution >= 4 is 43.4 Å². The van der Waals surface area contributed by atoms with Crippen molar-refractivity contribution in [3.63, 3.8) is 0 Å². The Labute approximate surface area is 126 Å². The number of nitrogens with zero attached hydrogens (tertiary/aromatic N) is 2. The summed E-state index contributed by atoms with van der Waals surface area (Å²) in [7, 11) is -3.57. The highest BCUT2D eigenvalue weighted by Crippen LogP contribution is 2.26. The molecule has 1 fully saturated rings. The van der Waals surface area contributed by atoms with Crippen LogP contribution in [0.25, 0.3) is 0 Å². The number of hydrogen-bond acceptors (Lipinski definition) is 3. The van der Waals surface area contributed by atoms with Gasteiger partial charge in [0, 0.05) is 23.8 Å². The minimum absolute atomic E-state index is 0.136. The highest BCUT2D eigenvalue weighted by atomic mass is 79.9. The second kappa shape index (κ2) is 5.95. The van der Waals surface area contributed by atoms with E-state index < -0.39 is 10.2 Å². The van der Waals surface area contributed by atoms with Gasteiger partial charge in [0.15, 0.2) is 5.15 Å². The lowest BCUT2D eigenvalue weighted by molar-refractivity contribution is 0.282. The van der Waals surface area contributed by atoms with Crippen LogP contribution in [0.4, 0.5) is 5.69 Å². The molecule has 1 N–H and O–H groups in total. The van der Waals surface area contributed by atoms with Gasteiger partial charge < -0.3 is 0 Å². The number of aromatic nitrogens is 1. The fraction of sp³-hybridized carbons (Fsp3) is 0.545. The highest BCUT2D eigenvalue weighted by Gasteiger charge is 2.27. The number of piperidine rings is 1. The molecular formula is C11H15BrClN3O2S. The van der Waals surface area contributed by atoms with Gasteiger partial charge in [-0.25, -0.2) is 4.98 Å². The first-order valence-corrected chi connectivity index (χ1v) is 8.58. The number of rotatable bonds is 3. The quantitative estimate of drug-likeness (QED) is 0.834. The first-order valence-electron chi connectivity index (χ1n) is 5.97. The zero-order valence-electron chi connectivity index (χ0n) is 10.4.